The highest BCUT2D eigenvalue weighted by atomic mass is 35.5. The molecule has 1 heterocycles. The molecule has 0 spiro atoms. The van der Waals surface area contributed by atoms with Gasteiger partial charge < -0.3 is 11.1 Å². The molecule has 0 aromatic heterocycles. The lowest BCUT2D eigenvalue weighted by molar-refractivity contribution is 0.287. The van der Waals surface area contributed by atoms with E-state index in [1.54, 1.807) is 0 Å². The third kappa shape index (κ3) is 1.97. The quantitative estimate of drug-likeness (QED) is 0.674. The molecular weight excluding hydrogens is 268 g/mol. The number of nitrogens with two attached hydrogens (primary N) is 1. The Morgan fingerprint density at radius 2 is 1.40 bits per heavy atom. The lowest BCUT2D eigenvalue weighted by Gasteiger charge is -2.39. The number of fused-ring (bicyclic) bond motifs is 2. The summed E-state index contributed by atoms with van der Waals surface area (Å²) in [4.78, 5) is 0. The first-order chi connectivity index (χ1) is 9.24. The molecule has 20 heavy (non-hydrogen) atoms. The predicted octanol–water partition coefficient (Wildman–Crippen LogP) is 3.17. The third-order valence-electron chi connectivity index (χ3n) is 4.16. The maximum absolute atomic E-state index is 6.37. The van der Waals surface area contributed by atoms with Gasteiger partial charge in [0.2, 0.25) is 0 Å². The van der Waals surface area contributed by atoms with Crippen LogP contribution in [-0.2, 0) is 5.54 Å². The molecule has 1 saturated heterocycles. The molecule has 0 saturated carbocycles. The van der Waals surface area contributed by atoms with Gasteiger partial charge in [-0.05, 0) is 45.3 Å². The number of hydrogen-bond donors (Lipinski definition) is 2. The van der Waals surface area contributed by atoms with Crippen molar-refractivity contribution in [3.63, 3.8) is 0 Å². The molecule has 0 aliphatic carbocycles. The van der Waals surface area contributed by atoms with Gasteiger partial charge in [-0.2, -0.15) is 0 Å². The van der Waals surface area contributed by atoms with Gasteiger partial charge in [0, 0.05) is 13.1 Å². The maximum atomic E-state index is 6.37. The average Bonchev–Trinajstić information content (AvgIpc) is 2.42. The van der Waals surface area contributed by atoms with Crippen LogP contribution in [0.1, 0.15) is 5.56 Å². The fourth-order valence-corrected chi connectivity index (χ4v) is 2.85. The second-order valence-electron chi connectivity index (χ2n) is 5.52. The van der Waals surface area contributed by atoms with Crippen molar-refractivity contribution in [2.45, 2.75) is 5.54 Å². The van der Waals surface area contributed by atoms with Gasteiger partial charge in [-0.1, -0.05) is 36.4 Å². The molecule has 1 fully saturated rings. The highest BCUT2D eigenvalue weighted by molar-refractivity contribution is 5.98. The molecule has 102 valence electrons. The van der Waals surface area contributed by atoms with Crippen molar-refractivity contribution in [1.29, 1.82) is 0 Å². The summed E-state index contributed by atoms with van der Waals surface area (Å²) >= 11 is 0. The zero-order valence-electron chi connectivity index (χ0n) is 11.1. The summed E-state index contributed by atoms with van der Waals surface area (Å²) in [7, 11) is 0. The second-order valence-corrected chi connectivity index (χ2v) is 5.52. The van der Waals surface area contributed by atoms with Crippen molar-refractivity contribution < 1.29 is 0 Å². The highest BCUT2D eigenvalue weighted by Gasteiger charge is 2.34. The Bertz CT molecular complexity index is 778. The van der Waals surface area contributed by atoms with E-state index < -0.39 is 0 Å². The number of halogens is 1. The molecule has 0 amide bonds. The Kier molecular flexibility index (Phi) is 3.17. The minimum Gasteiger partial charge on any atom is -0.319 e. The summed E-state index contributed by atoms with van der Waals surface area (Å²) < 4.78 is 0. The molecule has 0 unspecified atom stereocenters. The van der Waals surface area contributed by atoms with E-state index in [0.717, 1.165) is 13.1 Å². The van der Waals surface area contributed by atoms with E-state index in [4.69, 9.17) is 5.73 Å². The molecule has 2 nitrogen and oxygen atoms in total. The summed E-state index contributed by atoms with van der Waals surface area (Å²) in [6.07, 6.45) is 0. The smallest absolute Gasteiger partial charge is 0.0662 e. The van der Waals surface area contributed by atoms with Crippen molar-refractivity contribution >= 4 is 34.0 Å². The van der Waals surface area contributed by atoms with Crippen LogP contribution in [0.4, 0.5) is 0 Å². The molecule has 4 rings (SSSR count). The summed E-state index contributed by atoms with van der Waals surface area (Å²) in [5, 5.41) is 8.37. The van der Waals surface area contributed by atoms with Crippen LogP contribution in [0.25, 0.3) is 21.5 Å². The molecule has 0 radical (unpaired) electrons. The van der Waals surface area contributed by atoms with Crippen molar-refractivity contribution in [3.8, 4) is 0 Å². The number of benzene rings is 3. The van der Waals surface area contributed by atoms with Crippen molar-refractivity contribution in [2.24, 2.45) is 5.73 Å². The van der Waals surface area contributed by atoms with Crippen LogP contribution in [-0.4, -0.2) is 13.1 Å². The Morgan fingerprint density at radius 1 is 0.800 bits per heavy atom. The lowest BCUT2D eigenvalue weighted by Crippen LogP contribution is -2.62. The van der Waals surface area contributed by atoms with Crippen LogP contribution < -0.4 is 11.1 Å². The molecule has 3 N–H and O–H groups in total. The fourth-order valence-electron chi connectivity index (χ4n) is 2.85. The van der Waals surface area contributed by atoms with E-state index in [2.05, 4.69) is 59.9 Å². The average molecular weight is 285 g/mol. The van der Waals surface area contributed by atoms with E-state index in [-0.39, 0.29) is 17.9 Å². The summed E-state index contributed by atoms with van der Waals surface area (Å²) in [5.41, 5.74) is 7.42. The summed E-state index contributed by atoms with van der Waals surface area (Å²) in [6.45, 7) is 1.73. The molecular formula is C17H17ClN2. The maximum Gasteiger partial charge on any atom is 0.0662 e. The standard InChI is InChI=1S/C17H16N2.ClH/c18-17(10-19-11-17)16-6-5-14-7-12-3-1-2-4-13(12)8-15(14)9-16;/h1-9,19H,10-11,18H2;1H. The van der Waals surface area contributed by atoms with Gasteiger partial charge in [-0.3, -0.25) is 0 Å². The molecule has 1 aliphatic rings. The van der Waals surface area contributed by atoms with Gasteiger partial charge >= 0.3 is 0 Å². The first-order valence-corrected chi connectivity index (χ1v) is 6.67. The molecule has 0 atom stereocenters. The summed E-state index contributed by atoms with van der Waals surface area (Å²) in [6, 6.07) is 19.6. The normalized spacial score (nSPS) is 16.6. The first kappa shape index (κ1) is 13.4. The number of hydrogen-bond acceptors (Lipinski definition) is 2. The highest BCUT2D eigenvalue weighted by Crippen LogP contribution is 2.28. The van der Waals surface area contributed by atoms with Gasteiger partial charge in [-0.15, -0.1) is 12.4 Å². The van der Waals surface area contributed by atoms with Crippen LogP contribution in [0.5, 0.6) is 0 Å². The minimum atomic E-state index is -0.181. The van der Waals surface area contributed by atoms with E-state index in [9.17, 15) is 0 Å². The van der Waals surface area contributed by atoms with Crippen LogP contribution in [0.3, 0.4) is 0 Å². The van der Waals surface area contributed by atoms with Gasteiger partial charge in [0.05, 0.1) is 5.54 Å². The predicted molar refractivity (Wildman–Crippen MR) is 87.4 cm³/mol. The van der Waals surface area contributed by atoms with Crippen LogP contribution in [0.2, 0.25) is 0 Å². The van der Waals surface area contributed by atoms with E-state index >= 15 is 0 Å². The lowest BCUT2D eigenvalue weighted by atomic mass is 9.84. The Labute approximate surface area is 124 Å². The monoisotopic (exact) mass is 284 g/mol. The third-order valence-corrected chi connectivity index (χ3v) is 4.16. The van der Waals surface area contributed by atoms with Crippen molar-refractivity contribution in [1.82, 2.24) is 5.32 Å². The van der Waals surface area contributed by atoms with Crippen LogP contribution in [0.15, 0.2) is 54.6 Å². The molecule has 0 bridgehead atoms. The molecule has 3 aromatic rings. The zero-order chi connectivity index (χ0) is 12.9. The van der Waals surface area contributed by atoms with E-state index in [1.165, 1.54) is 27.1 Å². The van der Waals surface area contributed by atoms with Gasteiger partial charge in [0.15, 0.2) is 0 Å². The van der Waals surface area contributed by atoms with Crippen LogP contribution >= 0.6 is 12.4 Å². The molecule has 3 heteroatoms. The molecule has 3 aromatic carbocycles. The Morgan fingerprint density at radius 3 is 2.00 bits per heavy atom. The summed E-state index contributed by atoms with van der Waals surface area (Å²) in [5.74, 6) is 0. The fraction of sp³-hybridized carbons (Fsp3) is 0.176. The molecule has 1 aliphatic heterocycles. The SMILES string of the molecule is Cl.NC1(c2ccc3cc4ccccc4cc3c2)CNC1. The van der Waals surface area contributed by atoms with Gasteiger partial charge in [0.1, 0.15) is 0 Å². The zero-order valence-corrected chi connectivity index (χ0v) is 11.9. The second kappa shape index (κ2) is 4.74. The van der Waals surface area contributed by atoms with Crippen LogP contribution in [0, 0.1) is 0 Å². The first-order valence-electron chi connectivity index (χ1n) is 6.67. The minimum absolute atomic E-state index is 0. The Hall–Kier alpha value is -1.61. The van der Waals surface area contributed by atoms with Crippen molar-refractivity contribution in [2.75, 3.05) is 13.1 Å². The van der Waals surface area contributed by atoms with Gasteiger partial charge in [-0.25, -0.2) is 0 Å². The topological polar surface area (TPSA) is 38.0 Å². The van der Waals surface area contributed by atoms with E-state index in [1.807, 2.05) is 0 Å². The Balaban J connectivity index is 0.00000121. The van der Waals surface area contributed by atoms with Crippen molar-refractivity contribution in [3.05, 3.63) is 60.2 Å². The van der Waals surface area contributed by atoms with E-state index in [0.29, 0.717) is 0 Å². The number of nitrogens with one attached hydrogen (secondary N) is 1. The number of rotatable bonds is 1. The largest absolute Gasteiger partial charge is 0.319 e. The van der Waals surface area contributed by atoms with Gasteiger partial charge in [0.25, 0.3) is 0 Å².